The van der Waals surface area contributed by atoms with Gasteiger partial charge in [0.2, 0.25) is 0 Å². The van der Waals surface area contributed by atoms with Crippen LogP contribution in [0, 0.1) is 0 Å². The van der Waals surface area contributed by atoms with Crippen molar-refractivity contribution in [3.63, 3.8) is 0 Å². The largest absolute Gasteiger partial charge is 0.147 e. The predicted molar refractivity (Wildman–Crippen MR) is 95.5 cm³/mol. The Morgan fingerprint density at radius 2 is 1.55 bits per heavy atom. The number of rotatable bonds is 2. The van der Waals surface area contributed by atoms with E-state index in [1.54, 1.807) is 13.0 Å². The molecule has 0 N–H and O–H groups in total. The zero-order chi connectivity index (χ0) is 13.3. The third-order valence-corrected chi connectivity index (χ3v) is 18.2. The van der Waals surface area contributed by atoms with E-state index in [4.69, 9.17) is 0 Å². The van der Waals surface area contributed by atoms with Crippen LogP contribution in [-0.2, 0) is 19.3 Å². The van der Waals surface area contributed by atoms with E-state index in [0.29, 0.717) is 0 Å². The molecule has 0 amide bonds. The molecule has 0 bridgehead atoms. The predicted octanol–water partition coefficient (Wildman–Crippen LogP) is 5.49. The van der Waals surface area contributed by atoms with Gasteiger partial charge in [0.25, 0.3) is 0 Å². The number of hydrogen-bond donors (Lipinski definition) is 0. The molecule has 2 aliphatic rings. The van der Waals surface area contributed by atoms with E-state index >= 15 is 0 Å². The maximum Gasteiger partial charge on any atom is -0.147 e. The zero-order valence-corrected chi connectivity index (χ0v) is 17.2. The van der Waals surface area contributed by atoms with Gasteiger partial charge in [-0.25, -0.2) is 0 Å². The van der Waals surface area contributed by atoms with Gasteiger partial charge in [0.1, 0.15) is 0 Å². The van der Waals surface area contributed by atoms with Crippen LogP contribution in [0.5, 0.6) is 0 Å². The van der Waals surface area contributed by atoms with Crippen molar-refractivity contribution in [1.29, 1.82) is 0 Å². The molecule has 0 aromatic carbocycles. The van der Waals surface area contributed by atoms with Crippen molar-refractivity contribution in [1.82, 2.24) is 0 Å². The van der Waals surface area contributed by atoms with Crippen molar-refractivity contribution in [3.05, 3.63) is 42.5 Å². The van der Waals surface area contributed by atoms with E-state index in [2.05, 4.69) is 65.0 Å². The fourth-order valence-corrected chi connectivity index (χ4v) is 17.4. The first-order valence-corrected chi connectivity index (χ1v) is 11.8. The fraction of sp³-hybridized carbons (Fsp3) is 0.412. The molecule has 20 heavy (non-hydrogen) atoms. The molecular formula is C17H26Cl2Zr. The van der Waals surface area contributed by atoms with Gasteiger partial charge >= 0.3 is 116 Å². The van der Waals surface area contributed by atoms with E-state index in [1.807, 2.05) is 0 Å². The molecule has 112 valence electrons. The molecule has 0 atom stereocenters. The first kappa shape index (κ1) is 20.2. The second-order valence-corrected chi connectivity index (χ2v) is 17.7. The monoisotopic (exact) mass is 390 g/mol. The first-order valence-electron chi connectivity index (χ1n) is 6.84. The van der Waals surface area contributed by atoms with Crippen LogP contribution in [0.25, 0.3) is 0 Å². The summed E-state index contributed by atoms with van der Waals surface area (Å²) < 4.78 is 6.91. The molecule has 0 spiro atoms. The Labute approximate surface area is 139 Å². The van der Waals surface area contributed by atoms with Gasteiger partial charge in [0.15, 0.2) is 0 Å². The van der Waals surface area contributed by atoms with E-state index in [1.165, 1.54) is 18.4 Å². The summed E-state index contributed by atoms with van der Waals surface area (Å²) in [7, 11) is 0. The Morgan fingerprint density at radius 3 is 1.90 bits per heavy atom. The fourth-order valence-electron chi connectivity index (χ4n) is 3.64. The molecule has 0 unspecified atom stereocenters. The molecule has 0 fully saturated rings. The maximum absolute atomic E-state index is 2.59. The van der Waals surface area contributed by atoms with Crippen LogP contribution in [0.2, 0.25) is 0 Å². The van der Waals surface area contributed by atoms with Crippen molar-refractivity contribution in [2.24, 2.45) is 0 Å². The minimum absolute atomic E-state index is 0. The number of allylic oxidation sites excluding steroid dienone is 8. The van der Waals surface area contributed by atoms with Gasteiger partial charge in [-0.2, -0.15) is 0 Å². The summed E-state index contributed by atoms with van der Waals surface area (Å²) in [5, 5.41) is 0. The second-order valence-electron chi connectivity index (χ2n) is 5.90. The molecule has 0 saturated heterocycles. The standard InChI is InChI=1S/C6H7.C5H5.2C3H6.2ClH.Zr/c1-6-4-2-3-5-6;1-2-4-5-3-1;2*1-3-2;;;/h4-5H,2H2,1H3;1-3H,4H2;2*1-2H3;2*1H;. The Kier molecular flexibility index (Phi) is 8.04. The van der Waals surface area contributed by atoms with Crippen LogP contribution in [0.15, 0.2) is 42.5 Å². The summed E-state index contributed by atoms with van der Waals surface area (Å²) in [6.07, 6.45) is 14.2. The van der Waals surface area contributed by atoms with Gasteiger partial charge < -0.3 is 0 Å². The van der Waals surface area contributed by atoms with Crippen LogP contribution in [0.3, 0.4) is 0 Å². The number of hydrogen-bond acceptors (Lipinski definition) is 0. The minimum Gasteiger partial charge on any atom is -0.147 e. The zero-order valence-electron chi connectivity index (χ0n) is 13.1. The first-order chi connectivity index (χ1) is 8.49. The Morgan fingerprint density at radius 1 is 0.950 bits per heavy atom. The van der Waals surface area contributed by atoms with Crippen LogP contribution >= 0.6 is 24.8 Å². The van der Waals surface area contributed by atoms with E-state index < -0.39 is 19.3 Å². The normalized spacial score (nSPS) is 15.9. The van der Waals surface area contributed by atoms with Crippen LogP contribution in [0.1, 0.15) is 47.5 Å². The number of halogens is 2. The molecule has 2 aliphatic carbocycles. The third-order valence-electron chi connectivity index (χ3n) is 4.28. The van der Waals surface area contributed by atoms with Gasteiger partial charge in [-0.3, -0.25) is 0 Å². The molecule has 0 aliphatic heterocycles. The van der Waals surface area contributed by atoms with Crippen LogP contribution < -0.4 is 0 Å². The molecule has 0 heterocycles. The smallest absolute Gasteiger partial charge is 0.147 e. The molecule has 0 aromatic heterocycles. The van der Waals surface area contributed by atoms with Crippen LogP contribution in [0.4, 0.5) is 0 Å². The molecule has 2 rings (SSSR count). The van der Waals surface area contributed by atoms with Gasteiger partial charge in [-0.15, -0.1) is 24.8 Å². The second kappa shape index (κ2) is 7.97. The summed E-state index contributed by atoms with van der Waals surface area (Å²) in [5.74, 6) is 0. The van der Waals surface area contributed by atoms with E-state index in [9.17, 15) is 0 Å². The quantitative estimate of drug-likeness (QED) is 0.583. The summed E-state index contributed by atoms with van der Waals surface area (Å²) >= 11 is -2.59. The summed E-state index contributed by atoms with van der Waals surface area (Å²) in [6, 6.07) is 0. The SMILES string of the molecule is CC1=CC[C]([Zr]([C]2=CC=CC2)(=[C](C)C)=[C](C)C)=C1.Cl.Cl. The maximum atomic E-state index is 2.48. The van der Waals surface area contributed by atoms with E-state index in [0.717, 1.165) is 0 Å². The topological polar surface area (TPSA) is 0 Å². The Balaban J connectivity index is 0.00000180. The van der Waals surface area contributed by atoms with Crippen LogP contribution in [-0.4, -0.2) is 6.41 Å². The average Bonchev–Trinajstić information content (AvgIpc) is 2.90. The molecular weight excluding hydrogens is 366 g/mol. The van der Waals surface area contributed by atoms with E-state index in [-0.39, 0.29) is 24.8 Å². The molecule has 0 radical (unpaired) electrons. The van der Waals surface area contributed by atoms with Crippen molar-refractivity contribution in [2.75, 3.05) is 0 Å². The molecule has 0 saturated carbocycles. The minimum atomic E-state index is -2.59. The Hall–Kier alpha value is 0.163. The summed E-state index contributed by atoms with van der Waals surface area (Å²) in [5.41, 5.74) is 1.46. The van der Waals surface area contributed by atoms with Gasteiger partial charge in [0, 0.05) is 0 Å². The average molecular weight is 393 g/mol. The van der Waals surface area contributed by atoms with Crippen molar-refractivity contribution < 1.29 is 19.3 Å². The summed E-state index contributed by atoms with van der Waals surface area (Å²) in [6.45, 7) is 11.7. The van der Waals surface area contributed by atoms with Crippen molar-refractivity contribution in [2.45, 2.75) is 47.5 Å². The molecule has 0 aromatic rings. The van der Waals surface area contributed by atoms with Crippen molar-refractivity contribution >= 4 is 31.2 Å². The Bertz CT molecular complexity index is 591. The van der Waals surface area contributed by atoms with Crippen molar-refractivity contribution in [3.8, 4) is 0 Å². The molecule has 0 nitrogen and oxygen atoms in total. The van der Waals surface area contributed by atoms with Gasteiger partial charge in [-0.1, -0.05) is 0 Å². The van der Waals surface area contributed by atoms with Gasteiger partial charge in [-0.05, 0) is 0 Å². The van der Waals surface area contributed by atoms with Gasteiger partial charge in [0.05, 0.1) is 0 Å². The molecule has 3 heteroatoms. The summed E-state index contributed by atoms with van der Waals surface area (Å²) in [4.78, 5) is 0. The third kappa shape index (κ3) is 3.32.